The van der Waals surface area contributed by atoms with Crippen LogP contribution < -0.4 is 4.90 Å². The summed E-state index contributed by atoms with van der Waals surface area (Å²) in [6, 6.07) is 20.5. The number of para-hydroxylation sites is 1. The van der Waals surface area contributed by atoms with Gasteiger partial charge in [0.25, 0.3) is 0 Å². The summed E-state index contributed by atoms with van der Waals surface area (Å²) in [5.74, 6) is -0.264. The molecule has 0 aliphatic carbocycles. The van der Waals surface area contributed by atoms with E-state index in [9.17, 15) is 19.7 Å². The van der Waals surface area contributed by atoms with Crippen molar-refractivity contribution in [2.24, 2.45) is 0 Å². The molecule has 0 saturated carbocycles. The molecular formula is C25H27FN2O3. The molecule has 3 N–H and O–H groups in total. The van der Waals surface area contributed by atoms with Crippen LogP contribution >= 0.6 is 0 Å². The van der Waals surface area contributed by atoms with Crippen LogP contribution in [0, 0.1) is 5.82 Å². The van der Waals surface area contributed by atoms with Gasteiger partial charge in [0.1, 0.15) is 17.3 Å². The van der Waals surface area contributed by atoms with Gasteiger partial charge in [-0.1, -0.05) is 30.3 Å². The standard InChI is InChI=1S/C25H27FN2O3/c1-27-16-28(19-5-3-2-4-6-19)25(21-12-11-20(29)15-24(21)31)22(27)13-14-23(30)17-7-9-18(26)10-8-17/h2-12,15,22-23,25,29-31H,13-14,16H2,1H3. The van der Waals surface area contributed by atoms with Gasteiger partial charge in [-0.05, 0) is 61.9 Å². The lowest BCUT2D eigenvalue weighted by molar-refractivity contribution is 0.148. The van der Waals surface area contributed by atoms with Crippen LogP contribution in [0.25, 0.3) is 0 Å². The van der Waals surface area contributed by atoms with E-state index in [-0.39, 0.29) is 29.4 Å². The lowest BCUT2D eigenvalue weighted by Crippen LogP contribution is -2.30. The number of nitrogens with zero attached hydrogens (tertiary/aromatic N) is 2. The number of aromatic hydroxyl groups is 2. The van der Waals surface area contributed by atoms with Gasteiger partial charge in [0.2, 0.25) is 0 Å². The van der Waals surface area contributed by atoms with Gasteiger partial charge >= 0.3 is 0 Å². The van der Waals surface area contributed by atoms with Crippen molar-refractivity contribution in [2.75, 3.05) is 18.6 Å². The van der Waals surface area contributed by atoms with Crippen LogP contribution in [0.15, 0.2) is 72.8 Å². The van der Waals surface area contributed by atoms with Crippen LogP contribution in [0.2, 0.25) is 0 Å². The van der Waals surface area contributed by atoms with Crippen LogP contribution in [0.5, 0.6) is 11.5 Å². The number of hydrogen-bond donors (Lipinski definition) is 3. The van der Waals surface area contributed by atoms with Crippen LogP contribution in [0.3, 0.4) is 0 Å². The number of anilines is 1. The second kappa shape index (κ2) is 8.96. The highest BCUT2D eigenvalue weighted by molar-refractivity contribution is 5.53. The highest BCUT2D eigenvalue weighted by atomic mass is 19.1. The molecule has 1 fully saturated rings. The molecule has 3 atom stereocenters. The first-order chi connectivity index (χ1) is 14.9. The van der Waals surface area contributed by atoms with Gasteiger partial charge in [0, 0.05) is 23.4 Å². The van der Waals surface area contributed by atoms with E-state index < -0.39 is 6.10 Å². The number of aliphatic hydroxyl groups is 1. The predicted molar refractivity (Wildman–Crippen MR) is 118 cm³/mol. The average Bonchev–Trinajstić information content (AvgIpc) is 3.09. The fourth-order valence-electron chi connectivity index (χ4n) is 4.46. The van der Waals surface area contributed by atoms with Gasteiger partial charge in [-0.25, -0.2) is 4.39 Å². The first-order valence-corrected chi connectivity index (χ1v) is 10.4. The minimum Gasteiger partial charge on any atom is -0.508 e. The van der Waals surface area contributed by atoms with Crippen molar-refractivity contribution in [3.05, 3.63) is 89.7 Å². The molecule has 0 amide bonds. The van der Waals surface area contributed by atoms with Crippen molar-refractivity contribution in [3.63, 3.8) is 0 Å². The Bertz CT molecular complexity index is 1010. The summed E-state index contributed by atoms with van der Waals surface area (Å²) in [5.41, 5.74) is 2.45. The Hall–Kier alpha value is -3.09. The molecule has 1 heterocycles. The monoisotopic (exact) mass is 422 g/mol. The zero-order valence-corrected chi connectivity index (χ0v) is 17.4. The van der Waals surface area contributed by atoms with Gasteiger partial charge in [0.15, 0.2) is 0 Å². The number of aliphatic hydroxyl groups excluding tert-OH is 1. The van der Waals surface area contributed by atoms with Crippen molar-refractivity contribution in [1.29, 1.82) is 0 Å². The zero-order chi connectivity index (χ0) is 22.0. The number of phenols is 2. The number of likely N-dealkylation sites (N-methyl/N-ethyl adjacent to an activating group) is 1. The van der Waals surface area contributed by atoms with E-state index in [1.807, 2.05) is 37.4 Å². The lowest BCUT2D eigenvalue weighted by atomic mass is 9.92. The van der Waals surface area contributed by atoms with E-state index in [4.69, 9.17) is 0 Å². The highest BCUT2D eigenvalue weighted by Gasteiger charge is 2.40. The molecule has 6 heteroatoms. The molecule has 31 heavy (non-hydrogen) atoms. The summed E-state index contributed by atoms with van der Waals surface area (Å²) in [4.78, 5) is 4.43. The number of halogens is 1. The molecular weight excluding hydrogens is 395 g/mol. The molecule has 0 bridgehead atoms. The normalized spacial score (nSPS) is 20.2. The maximum atomic E-state index is 13.2. The van der Waals surface area contributed by atoms with Gasteiger partial charge in [-0.2, -0.15) is 0 Å². The molecule has 3 aromatic rings. The summed E-state index contributed by atoms with van der Waals surface area (Å²) in [6.45, 7) is 0.659. The van der Waals surface area contributed by atoms with E-state index in [0.29, 0.717) is 25.1 Å². The molecule has 5 nitrogen and oxygen atoms in total. The molecule has 1 aliphatic rings. The number of hydrogen-bond acceptors (Lipinski definition) is 5. The summed E-state index contributed by atoms with van der Waals surface area (Å²) in [5, 5.41) is 31.0. The predicted octanol–water partition coefficient (Wildman–Crippen LogP) is 4.57. The maximum Gasteiger partial charge on any atom is 0.124 e. The Morgan fingerprint density at radius 2 is 1.71 bits per heavy atom. The molecule has 0 radical (unpaired) electrons. The quantitative estimate of drug-likeness (QED) is 0.543. The fourth-order valence-corrected chi connectivity index (χ4v) is 4.46. The van der Waals surface area contributed by atoms with E-state index in [2.05, 4.69) is 9.80 Å². The summed E-state index contributed by atoms with van der Waals surface area (Å²) in [6.07, 6.45) is 0.468. The first-order valence-electron chi connectivity index (χ1n) is 10.4. The maximum absolute atomic E-state index is 13.2. The van der Waals surface area contributed by atoms with E-state index in [1.54, 1.807) is 24.3 Å². The van der Waals surface area contributed by atoms with Crippen LogP contribution in [-0.2, 0) is 0 Å². The Morgan fingerprint density at radius 3 is 2.39 bits per heavy atom. The first kappa shape index (κ1) is 21.2. The van der Waals surface area contributed by atoms with E-state index in [0.717, 1.165) is 11.3 Å². The number of rotatable bonds is 6. The third-order valence-electron chi connectivity index (χ3n) is 6.05. The molecule has 0 aromatic heterocycles. The third-order valence-corrected chi connectivity index (χ3v) is 6.05. The molecule has 1 aliphatic heterocycles. The molecule has 1 saturated heterocycles. The van der Waals surface area contributed by atoms with Crippen LogP contribution in [0.4, 0.5) is 10.1 Å². The third kappa shape index (κ3) is 4.50. The highest BCUT2D eigenvalue weighted by Crippen LogP contribution is 2.43. The van der Waals surface area contributed by atoms with E-state index >= 15 is 0 Å². The molecule has 162 valence electrons. The Balaban J connectivity index is 1.62. The van der Waals surface area contributed by atoms with Crippen molar-refractivity contribution in [3.8, 4) is 11.5 Å². The summed E-state index contributed by atoms with van der Waals surface area (Å²) >= 11 is 0. The topological polar surface area (TPSA) is 67.2 Å². The summed E-state index contributed by atoms with van der Waals surface area (Å²) < 4.78 is 13.2. The molecule has 0 spiro atoms. The molecule has 3 unspecified atom stereocenters. The lowest BCUT2D eigenvalue weighted by Gasteiger charge is -2.30. The molecule has 4 rings (SSSR count). The van der Waals surface area contributed by atoms with Gasteiger partial charge in [0.05, 0.1) is 18.8 Å². The van der Waals surface area contributed by atoms with Crippen molar-refractivity contribution in [2.45, 2.75) is 31.0 Å². The van der Waals surface area contributed by atoms with Gasteiger partial charge < -0.3 is 20.2 Å². The van der Waals surface area contributed by atoms with Gasteiger partial charge in [-0.15, -0.1) is 0 Å². The second-order valence-corrected chi connectivity index (χ2v) is 8.10. The minimum atomic E-state index is -0.700. The van der Waals surface area contributed by atoms with Crippen molar-refractivity contribution < 1.29 is 19.7 Å². The SMILES string of the molecule is CN1CN(c2ccccc2)C(c2ccc(O)cc2O)C1CCC(O)c1ccc(F)cc1. The number of benzene rings is 3. The average molecular weight is 423 g/mol. The fraction of sp³-hybridized carbons (Fsp3) is 0.280. The van der Waals surface area contributed by atoms with Crippen molar-refractivity contribution in [1.82, 2.24) is 4.90 Å². The minimum absolute atomic E-state index is 0.0159. The van der Waals surface area contributed by atoms with Gasteiger partial charge in [-0.3, -0.25) is 4.90 Å². The Morgan fingerprint density at radius 1 is 1.00 bits per heavy atom. The second-order valence-electron chi connectivity index (χ2n) is 8.10. The van der Waals surface area contributed by atoms with E-state index in [1.165, 1.54) is 18.2 Å². The smallest absolute Gasteiger partial charge is 0.124 e. The van der Waals surface area contributed by atoms with Crippen molar-refractivity contribution >= 4 is 5.69 Å². The van der Waals surface area contributed by atoms with Crippen LogP contribution in [0.1, 0.15) is 36.1 Å². The largest absolute Gasteiger partial charge is 0.508 e. The summed E-state index contributed by atoms with van der Waals surface area (Å²) in [7, 11) is 2.03. The number of phenolic OH excluding ortho intramolecular Hbond substituents is 2. The zero-order valence-electron chi connectivity index (χ0n) is 17.4. The molecule has 3 aromatic carbocycles. The Kier molecular flexibility index (Phi) is 6.11. The van der Waals surface area contributed by atoms with Crippen LogP contribution in [-0.4, -0.2) is 40.0 Å². The Labute approximate surface area is 181 Å².